The van der Waals surface area contributed by atoms with E-state index in [0.29, 0.717) is 48.1 Å². The number of anilines is 2. The van der Waals surface area contributed by atoms with Crippen LogP contribution in [0.15, 0.2) is 24.3 Å². The molecule has 0 radical (unpaired) electrons. The van der Waals surface area contributed by atoms with Crippen molar-refractivity contribution in [3.05, 3.63) is 40.7 Å². The molecule has 2 aromatic heterocycles. The zero-order valence-electron chi connectivity index (χ0n) is 24.9. The SMILES string of the molecule is CC1CCC(Cn2c(N3CCOCC3c3ccccc3Cl)nc3nc(C4NOC(=O)N4)nc(N[C@H](C)C4CCC4)c32)CC1. The highest BCUT2D eigenvalue weighted by atomic mass is 35.5. The first-order chi connectivity index (χ1) is 20.9. The number of carbonyl (C=O) groups excluding carboxylic acids is 1. The van der Waals surface area contributed by atoms with Crippen molar-refractivity contribution in [1.82, 2.24) is 30.3 Å². The molecule has 2 saturated heterocycles. The van der Waals surface area contributed by atoms with Crippen molar-refractivity contribution in [1.29, 1.82) is 0 Å². The summed E-state index contributed by atoms with van der Waals surface area (Å²) in [5.41, 5.74) is 5.23. The molecule has 4 aliphatic rings. The number of aromatic nitrogens is 4. The Hall–Kier alpha value is -3.15. The zero-order valence-corrected chi connectivity index (χ0v) is 25.6. The number of morpholine rings is 1. The number of halogens is 1. The molecule has 3 aromatic rings. The van der Waals surface area contributed by atoms with Crippen molar-refractivity contribution in [2.75, 3.05) is 30.0 Å². The predicted octanol–water partition coefficient (Wildman–Crippen LogP) is 5.73. The Balaban J connectivity index is 1.36. The molecule has 230 valence electrons. The van der Waals surface area contributed by atoms with Crippen LogP contribution in [-0.2, 0) is 16.1 Å². The fourth-order valence-corrected chi connectivity index (χ4v) is 7.22. The number of ether oxygens (including phenoxy) is 1. The van der Waals surface area contributed by atoms with E-state index in [4.69, 9.17) is 36.1 Å². The number of hydrogen-bond donors (Lipinski definition) is 3. The van der Waals surface area contributed by atoms with Gasteiger partial charge >= 0.3 is 6.09 Å². The fourth-order valence-electron chi connectivity index (χ4n) is 6.96. The number of rotatable bonds is 8. The number of amides is 1. The summed E-state index contributed by atoms with van der Waals surface area (Å²) < 4.78 is 8.35. The Labute approximate surface area is 257 Å². The Bertz CT molecular complexity index is 1470. The lowest BCUT2D eigenvalue weighted by atomic mass is 9.80. The molecule has 4 heterocycles. The number of nitrogens with zero attached hydrogens (tertiary/aromatic N) is 5. The topological polar surface area (TPSA) is 118 Å². The number of hydroxylamine groups is 1. The lowest BCUT2D eigenvalue weighted by Crippen LogP contribution is -2.41. The van der Waals surface area contributed by atoms with Crippen molar-refractivity contribution in [3.63, 3.8) is 0 Å². The summed E-state index contributed by atoms with van der Waals surface area (Å²) in [4.78, 5) is 34.3. The van der Waals surface area contributed by atoms with Crippen LogP contribution < -0.4 is 21.0 Å². The normalized spacial score (nSPS) is 27.0. The molecule has 2 unspecified atom stereocenters. The second-order valence-electron chi connectivity index (χ2n) is 12.8. The van der Waals surface area contributed by atoms with Gasteiger partial charge in [0.25, 0.3) is 0 Å². The molecule has 11 nitrogen and oxygen atoms in total. The molecule has 2 aliphatic heterocycles. The molecule has 0 spiro atoms. The Morgan fingerprint density at radius 3 is 2.65 bits per heavy atom. The standard InChI is InChI=1S/C31H41ClN8O3/c1-18-10-12-20(13-11-18)16-40-25-26(33-19(2)21-6-5-7-21)34-28(29-37-31(41)43-38-29)35-27(25)36-30(40)39-14-15-42-17-24(39)22-8-3-4-9-23(22)32/h3-4,8-9,18-21,24,29,38H,5-7,10-17H2,1-2H3,(H,37,41)(H,33,34,35)/t18?,19-,20?,24?,29?/m1/s1. The molecule has 1 aromatic carbocycles. The van der Waals surface area contributed by atoms with Gasteiger partial charge in [-0.3, -0.25) is 5.32 Å². The second kappa shape index (κ2) is 12.1. The van der Waals surface area contributed by atoms with Crippen LogP contribution in [0, 0.1) is 17.8 Å². The number of nitrogens with one attached hydrogen (secondary N) is 3. The smallest absolute Gasteiger partial charge is 0.377 e. The van der Waals surface area contributed by atoms with Gasteiger partial charge in [-0.2, -0.15) is 4.98 Å². The van der Waals surface area contributed by atoms with E-state index in [-0.39, 0.29) is 12.1 Å². The maximum atomic E-state index is 11.9. The van der Waals surface area contributed by atoms with E-state index in [1.807, 2.05) is 18.2 Å². The summed E-state index contributed by atoms with van der Waals surface area (Å²) in [5.74, 6) is 3.91. The second-order valence-corrected chi connectivity index (χ2v) is 13.2. The molecule has 7 rings (SSSR count). The molecule has 43 heavy (non-hydrogen) atoms. The third-order valence-electron chi connectivity index (χ3n) is 9.84. The van der Waals surface area contributed by atoms with E-state index >= 15 is 0 Å². The number of hydrogen-bond acceptors (Lipinski definition) is 9. The van der Waals surface area contributed by atoms with Gasteiger partial charge in [-0.05, 0) is 62.0 Å². The van der Waals surface area contributed by atoms with Crippen LogP contribution in [0.2, 0.25) is 5.02 Å². The maximum absolute atomic E-state index is 11.9. The highest BCUT2D eigenvalue weighted by Crippen LogP contribution is 2.39. The zero-order chi connectivity index (χ0) is 29.5. The Kier molecular flexibility index (Phi) is 8.04. The van der Waals surface area contributed by atoms with Gasteiger partial charge < -0.3 is 24.4 Å². The molecule has 0 bridgehead atoms. The molecule has 2 saturated carbocycles. The summed E-state index contributed by atoms with van der Waals surface area (Å²) in [6.45, 7) is 7.22. The van der Waals surface area contributed by atoms with Crippen molar-refractivity contribution < 1.29 is 14.4 Å². The third kappa shape index (κ3) is 5.74. The molecule has 3 N–H and O–H groups in total. The number of imidazole rings is 1. The van der Waals surface area contributed by atoms with E-state index in [1.54, 1.807) is 0 Å². The first-order valence-corrected chi connectivity index (χ1v) is 16.2. The summed E-state index contributed by atoms with van der Waals surface area (Å²) in [7, 11) is 0. The fraction of sp³-hybridized carbons (Fsp3) is 0.613. The van der Waals surface area contributed by atoms with Crippen molar-refractivity contribution in [2.24, 2.45) is 17.8 Å². The van der Waals surface area contributed by atoms with E-state index in [9.17, 15) is 4.79 Å². The van der Waals surface area contributed by atoms with Gasteiger partial charge in [0.1, 0.15) is 5.52 Å². The van der Waals surface area contributed by atoms with Crippen molar-refractivity contribution >= 4 is 40.6 Å². The van der Waals surface area contributed by atoms with Gasteiger partial charge in [0.15, 0.2) is 23.5 Å². The van der Waals surface area contributed by atoms with Crippen LogP contribution >= 0.6 is 11.6 Å². The number of fused-ring (bicyclic) bond motifs is 1. The van der Waals surface area contributed by atoms with Crippen LogP contribution in [0.1, 0.15) is 82.4 Å². The summed E-state index contributed by atoms with van der Waals surface area (Å²) in [5, 5.41) is 7.22. The first-order valence-electron chi connectivity index (χ1n) is 15.8. The molecule has 1 amide bonds. The summed E-state index contributed by atoms with van der Waals surface area (Å²) >= 11 is 6.74. The van der Waals surface area contributed by atoms with Crippen molar-refractivity contribution in [3.8, 4) is 0 Å². The highest BCUT2D eigenvalue weighted by Gasteiger charge is 2.35. The summed E-state index contributed by atoms with van der Waals surface area (Å²) in [6, 6.07) is 8.13. The lowest BCUT2D eigenvalue weighted by Gasteiger charge is -2.38. The molecule has 2 aliphatic carbocycles. The third-order valence-corrected chi connectivity index (χ3v) is 10.2. The average Bonchev–Trinajstić information content (AvgIpc) is 3.57. The quantitative estimate of drug-likeness (QED) is 0.295. The van der Waals surface area contributed by atoms with Crippen LogP contribution in [0.25, 0.3) is 11.2 Å². The first kappa shape index (κ1) is 28.6. The van der Waals surface area contributed by atoms with E-state index in [0.717, 1.165) is 35.3 Å². The maximum Gasteiger partial charge on any atom is 0.427 e. The number of carbonyl (C=O) groups is 1. The Morgan fingerprint density at radius 1 is 1.12 bits per heavy atom. The minimum absolute atomic E-state index is 0.0914. The van der Waals surface area contributed by atoms with Crippen LogP contribution in [0.3, 0.4) is 0 Å². The highest BCUT2D eigenvalue weighted by molar-refractivity contribution is 6.31. The average molecular weight is 609 g/mol. The van der Waals surface area contributed by atoms with E-state index in [2.05, 4.69) is 45.5 Å². The lowest BCUT2D eigenvalue weighted by molar-refractivity contribution is 0.0927. The van der Waals surface area contributed by atoms with Gasteiger partial charge in [0, 0.05) is 24.2 Å². The van der Waals surface area contributed by atoms with E-state index in [1.165, 1.54) is 44.9 Å². The van der Waals surface area contributed by atoms with Crippen LogP contribution in [-0.4, -0.2) is 51.4 Å². The molecule has 12 heteroatoms. The van der Waals surface area contributed by atoms with Gasteiger partial charge in [0.05, 0.1) is 19.3 Å². The molecular formula is C31H41ClN8O3. The molecule has 3 atom stereocenters. The minimum Gasteiger partial charge on any atom is -0.377 e. The molecular weight excluding hydrogens is 568 g/mol. The molecule has 4 fully saturated rings. The van der Waals surface area contributed by atoms with Gasteiger partial charge in [-0.1, -0.05) is 56.0 Å². The Morgan fingerprint density at radius 2 is 1.93 bits per heavy atom. The van der Waals surface area contributed by atoms with E-state index < -0.39 is 12.3 Å². The van der Waals surface area contributed by atoms with Gasteiger partial charge in [-0.25, -0.2) is 14.8 Å². The van der Waals surface area contributed by atoms with Gasteiger partial charge in [0.2, 0.25) is 5.95 Å². The number of benzene rings is 1. The van der Waals surface area contributed by atoms with Crippen LogP contribution in [0.4, 0.5) is 16.6 Å². The largest absolute Gasteiger partial charge is 0.427 e. The predicted molar refractivity (Wildman–Crippen MR) is 165 cm³/mol. The van der Waals surface area contributed by atoms with Crippen molar-refractivity contribution in [2.45, 2.75) is 83.6 Å². The monoisotopic (exact) mass is 608 g/mol. The minimum atomic E-state index is -0.663. The van der Waals surface area contributed by atoms with Crippen LogP contribution in [0.5, 0.6) is 0 Å². The van der Waals surface area contributed by atoms with Gasteiger partial charge in [-0.15, -0.1) is 5.48 Å². The summed E-state index contributed by atoms with van der Waals surface area (Å²) in [6.07, 6.45) is 7.32.